The standard InChI is InChI=1S/C15H20F3NOSi/c1-5-19(14(20)11-15(16,17)18)12-8-7-9-13(10-12)21(3,4)6-2/h6-10H,2,5,11H2,1,3-4H3. The minimum Gasteiger partial charge on any atom is -0.312 e. The molecule has 1 rings (SSSR count). The van der Waals surface area contributed by atoms with Gasteiger partial charge in [-0.15, -0.1) is 6.58 Å². The third-order valence-electron chi connectivity index (χ3n) is 3.38. The zero-order valence-corrected chi connectivity index (χ0v) is 13.5. The summed E-state index contributed by atoms with van der Waals surface area (Å²) in [6, 6.07) is 7.16. The van der Waals surface area contributed by atoms with Crippen molar-refractivity contribution in [2.24, 2.45) is 0 Å². The van der Waals surface area contributed by atoms with Crippen molar-refractivity contribution in [1.29, 1.82) is 0 Å². The number of hydrogen-bond donors (Lipinski definition) is 0. The van der Waals surface area contributed by atoms with Crippen molar-refractivity contribution in [3.63, 3.8) is 0 Å². The molecule has 116 valence electrons. The topological polar surface area (TPSA) is 20.3 Å². The molecule has 2 nitrogen and oxygen atoms in total. The fourth-order valence-electron chi connectivity index (χ4n) is 1.96. The van der Waals surface area contributed by atoms with E-state index in [2.05, 4.69) is 19.7 Å². The highest BCUT2D eigenvalue weighted by atomic mass is 28.3. The lowest BCUT2D eigenvalue weighted by Gasteiger charge is -2.25. The number of halogens is 3. The van der Waals surface area contributed by atoms with Crippen LogP contribution in [0.4, 0.5) is 18.9 Å². The van der Waals surface area contributed by atoms with Crippen LogP contribution in [0.1, 0.15) is 13.3 Å². The Labute approximate surface area is 124 Å². The fraction of sp³-hybridized carbons (Fsp3) is 0.400. The Morgan fingerprint density at radius 3 is 2.48 bits per heavy atom. The van der Waals surface area contributed by atoms with Crippen LogP contribution in [-0.2, 0) is 4.79 Å². The summed E-state index contributed by atoms with van der Waals surface area (Å²) in [7, 11) is -1.82. The number of benzene rings is 1. The molecule has 0 radical (unpaired) electrons. The van der Waals surface area contributed by atoms with E-state index in [9.17, 15) is 18.0 Å². The van der Waals surface area contributed by atoms with Gasteiger partial charge in [-0.3, -0.25) is 4.79 Å². The average Bonchev–Trinajstić information content (AvgIpc) is 2.38. The maximum Gasteiger partial charge on any atom is 0.397 e. The van der Waals surface area contributed by atoms with Crippen LogP contribution >= 0.6 is 0 Å². The van der Waals surface area contributed by atoms with Gasteiger partial charge in [0.2, 0.25) is 5.91 Å². The molecule has 0 saturated heterocycles. The van der Waals surface area contributed by atoms with Crippen molar-refractivity contribution in [3.8, 4) is 0 Å². The number of hydrogen-bond acceptors (Lipinski definition) is 1. The summed E-state index contributed by atoms with van der Waals surface area (Å²) in [5.41, 5.74) is 2.41. The van der Waals surface area contributed by atoms with E-state index in [4.69, 9.17) is 0 Å². The second-order valence-electron chi connectivity index (χ2n) is 5.41. The normalized spacial score (nSPS) is 12.1. The van der Waals surface area contributed by atoms with Crippen LogP contribution in [0.2, 0.25) is 13.1 Å². The monoisotopic (exact) mass is 315 g/mol. The molecule has 6 heteroatoms. The highest BCUT2D eigenvalue weighted by Crippen LogP contribution is 2.23. The van der Waals surface area contributed by atoms with Gasteiger partial charge < -0.3 is 4.90 Å². The van der Waals surface area contributed by atoms with E-state index in [1.54, 1.807) is 25.1 Å². The molecule has 0 aliphatic heterocycles. The number of carbonyl (C=O) groups is 1. The summed E-state index contributed by atoms with van der Waals surface area (Å²) < 4.78 is 37.2. The lowest BCUT2D eigenvalue weighted by molar-refractivity contribution is -0.151. The van der Waals surface area contributed by atoms with E-state index < -0.39 is 26.6 Å². The molecule has 0 aliphatic rings. The predicted octanol–water partition coefficient (Wildman–Crippen LogP) is 3.63. The number of alkyl halides is 3. The molecular weight excluding hydrogens is 295 g/mol. The number of carbonyl (C=O) groups excluding carboxylic acids is 1. The summed E-state index contributed by atoms with van der Waals surface area (Å²) in [5.74, 6) is -0.930. The maximum atomic E-state index is 12.4. The van der Waals surface area contributed by atoms with E-state index >= 15 is 0 Å². The Hall–Kier alpha value is -1.56. The third kappa shape index (κ3) is 4.73. The van der Waals surface area contributed by atoms with Gasteiger partial charge in [0.05, 0.1) is 0 Å². The molecule has 0 unspecified atom stereocenters. The third-order valence-corrected chi connectivity index (χ3v) is 6.20. The molecule has 0 spiro atoms. The molecule has 0 saturated carbocycles. The van der Waals surface area contributed by atoms with E-state index in [1.165, 1.54) is 4.90 Å². The van der Waals surface area contributed by atoms with Crippen LogP contribution in [0, 0.1) is 0 Å². The van der Waals surface area contributed by atoms with Gasteiger partial charge in [-0.2, -0.15) is 13.2 Å². The highest BCUT2D eigenvalue weighted by molar-refractivity contribution is 6.93. The summed E-state index contributed by atoms with van der Waals surface area (Å²) in [6.45, 7) is 9.87. The van der Waals surface area contributed by atoms with Gasteiger partial charge in [0.25, 0.3) is 0 Å². The highest BCUT2D eigenvalue weighted by Gasteiger charge is 2.33. The van der Waals surface area contributed by atoms with Gasteiger partial charge >= 0.3 is 6.18 Å². The van der Waals surface area contributed by atoms with Crippen LogP contribution in [0.5, 0.6) is 0 Å². The second-order valence-corrected chi connectivity index (χ2v) is 9.84. The minimum atomic E-state index is -4.49. The number of anilines is 1. The van der Waals surface area contributed by atoms with Gasteiger partial charge in [-0.25, -0.2) is 0 Å². The van der Waals surface area contributed by atoms with E-state index in [0.29, 0.717) is 5.69 Å². The number of nitrogens with zero attached hydrogens (tertiary/aromatic N) is 1. The number of rotatable bonds is 5. The van der Waals surface area contributed by atoms with Crippen molar-refractivity contribution >= 4 is 24.9 Å². The lowest BCUT2D eigenvalue weighted by atomic mass is 10.2. The van der Waals surface area contributed by atoms with Gasteiger partial charge in [0.1, 0.15) is 14.5 Å². The average molecular weight is 315 g/mol. The zero-order valence-electron chi connectivity index (χ0n) is 12.5. The van der Waals surface area contributed by atoms with Gasteiger partial charge in [-0.1, -0.05) is 36.1 Å². The van der Waals surface area contributed by atoms with E-state index in [1.807, 2.05) is 11.8 Å². The molecule has 0 N–H and O–H groups in total. The fourth-order valence-corrected chi connectivity index (χ4v) is 3.24. The molecule has 0 aromatic heterocycles. The molecule has 1 amide bonds. The van der Waals surface area contributed by atoms with Crippen LogP contribution in [0.25, 0.3) is 0 Å². The molecule has 0 fully saturated rings. The Bertz CT molecular complexity index is 526. The van der Waals surface area contributed by atoms with Crippen molar-refractivity contribution < 1.29 is 18.0 Å². The molecule has 0 bridgehead atoms. The lowest BCUT2D eigenvalue weighted by Crippen LogP contribution is -2.40. The van der Waals surface area contributed by atoms with E-state index in [-0.39, 0.29) is 6.54 Å². The van der Waals surface area contributed by atoms with Crippen molar-refractivity contribution in [2.75, 3.05) is 11.4 Å². The first kappa shape index (κ1) is 17.5. The van der Waals surface area contributed by atoms with Crippen LogP contribution in [-0.4, -0.2) is 26.7 Å². The van der Waals surface area contributed by atoms with Crippen LogP contribution in [0.3, 0.4) is 0 Å². The smallest absolute Gasteiger partial charge is 0.312 e. The van der Waals surface area contributed by atoms with Gasteiger partial charge in [0, 0.05) is 12.2 Å². The summed E-state index contributed by atoms with van der Waals surface area (Å²) >= 11 is 0. The van der Waals surface area contributed by atoms with E-state index in [0.717, 1.165) is 5.19 Å². The Balaban J connectivity index is 3.10. The van der Waals surface area contributed by atoms with Crippen LogP contribution in [0.15, 0.2) is 36.5 Å². The van der Waals surface area contributed by atoms with Gasteiger partial charge in [0.15, 0.2) is 0 Å². The molecule has 1 aromatic carbocycles. The molecule has 21 heavy (non-hydrogen) atoms. The summed E-state index contributed by atoms with van der Waals surface area (Å²) in [6.07, 6.45) is -5.93. The van der Waals surface area contributed by atoms with Crippen molar-refractivity contribution in [1.82, 2.24) is 0 Å². The predicted molar refractivity (Wildman–Crippen MR) is 82.5 cm³/mol. The zero-order chi connectivity index (χ0) is 16.3. The Morgan fingerprint density at radius 2 is 2.00 bits per heavy atom. The second kappa shape index (κ2) is 6.47. The van der Waals surface area contributed by atoms with Gasteiger partial charge in [-0.05, 0) is 19.1 Å². The summed E-state index contributed by atoms with van der Waals surface area (Å²) in [4.78, 5) is 13.0. The molecule has 0 aliphatic carbocycles. The SMILES string of the molecule is C=C[Si](C)(C)c1cccc(N(CC)C(=O)CC(F)(F)F)c1. The summed E-state index contributed by atoms with van der Waals surface area (Å²) in [5, 5.41) is 1.04. The van der Waals surface area contributed by atoms with Crippen molar-refractivity contribution in [2.45, 2.75) is 32.6 Å². The molecular formula is C15H20F3NOSi. The minimum absolute atomic E-state index is 0.203. The largest absolute Gasteiger partial charge is 0.397 e. The first-order chi connectivity index (χ1) is 9.60. The number of amides is 1. The van der Waals surface area contributed by atoms with Crippen LogP contribution < -0.4 is 10.1 Å². The van der Waals surface area contributed by atoms with Crippen molar-refractivity contribution in [3.05, 3.63) is 36.5 Å². The molecule has 0 heterocycles. The first-order valence-electron chi connectivity index (χ1n) is 6.72. The maximum absolute atomic E-state index is 12.4. The molecule has 0 atom stereocenters. The molecule has 1 aromatic rings. The Morgan fingerprint density at radius 1 is 1.38 bits per heavy atom. The quantitative estimate of drug-likeness (QED) is 0.760. The first-order valence-corrected chi connectivity index (χ1v) is 9.79. The Kier molecular flexibility index (Phi) is 5.39.